The Labute approximate surface area is 263 Å². The van der Waals surface area contributed by atoms with Gasteiger partial charge in [0.25, 0.3) is 17.1 Å². The number of nitrogens with zero attached hydrogens (tertiary/aromatic N) is 3. The van der Waals surface area contributed by atoms with E-state index in [-0.39, 0.29) is 16.9 Å². The molecule has 5 rings (SSSR count). The lowest BCUT2D eigenvalue weighted by molar-refractivity contribution is -0.385. The SMILES string of the molecule is CC(c1ccc(Oc2ccc([N+](=O)[O-])cc2)cc1)(c1ccc(Oc2ccc([N+](=O)[O-])cc2)cc1)c1ccc([N+](=O)[O-])cc1C(F)(F)F. The van der Waals surface area contributed by atoms with E-state index < -0.39 is 37.6 Å². The predicted octanol–water partition coefficient (Wildman–Crippen LogP) is 9.37. The van der Waals surface area contributed by atoms with Gasteiger partial charge < -0.3 is 9.47 Å². The second-order valence-corrected chi connectivity index (χ2v) is 10.4. The fraction of sp³-hybridized carbons (Fsp3) is 0.0909. The molecule has 0 bridgehead atoms. The summed E-state index contributed by atoms with van der Waals surface area (Å²) >= 11 is 0. The van der Waals surface area contributed by atoms with Gasteiger partial charge in [-0.15, -0.1) is 0 Å². The zero-order chi connectivity index (χ0) is 33.9. The summed E-state index contributed by atoms with van der Waals surface area (Å²) in [6.07, 6.45) is -4.94. The molecule has 0 unspecified atom stereocenters. The van der Waals surface area contributed by atoms with Crippen LogP contribution in [0.5, 0.6) is 23.0 Å². The molecule has 5 aromatic carbocycles. The van der Waals surface area contributed by atoms with Gasteiger partial charge >= 0.3 is 6.18 Å². The highest BCUT2D eigenvalue weighted by atomic mass is 19.4. The fourth-order valence-electron chi connectivity index (χ4n) is 5.05. The molecule has 238 valence electrons. The van der Waals surface area contributed by atoms with E-state index in [1.54, 1.807) is 31.2 Å². The number of hydrogen-bond donors (Lipinski definition) is 0. The lowest BCUT2D eigenvalue weighted by atomic mass is 9.69. The molecular weight excluding hydrogens is 623 g/mol. The van der Waals surface area contributed by atoms with Crippen LogP contribution >= 0.6 is 0 Å². The summed E-state index contributed by atoms with van der Waals surface area (Å²) in [4.78, 5) is 31.3. The Morgan fingerprint density at radius 3 is 1.13 bits per heavy atom. The van der Waals surface area contributed by atoms with E-state index in [1.165, 1.54) is 72.8 Å². The smallest absolute Gasteiger partial charge is 0.416 e. The summed E-state index contributed by atoms with van der Waals surface area (Å²) in [7, 11) is 0. The predicted molar refractivity (Wildman–Crippen MR) is 163 cm³/mol. The van der Waals surface area contributed by atoms with Gasteiger partial charge in [-0.1, -0.05) is 30.3 Å². The van der Waals surface area contributed by atoms with Crippen molar-refractivity contribution in [2.75, 3.05) is 0 Å². The molecule has 0 atom stereocenters. The number of alkyl halides is 3. The summed E-state index contributed by atoms with van der Waals surface area (Å²) < 4.78 is 55.0. The maximum Gasteiger partial charge on any atom is 0.416 e. The van der Waals surface area contributed by atoms with Crippen LogP contribution in [0, 0.1) is 30.3 Å². The Hall–Kier alpha value is -6.31. The number of rotatable bonds is 10. The highest BCUT2D eigenvalue weighted by Gasteiger charge is 2.42. The summed E-state index contributed by atoms with van der Waals surface area (Å²) in [5.74, 6) is 1.20. The summed E-state index contributed by atoms with van der Waals surface area (Å²) in [5, 5.41) is 33.3. The highest BCUT2D eigenvalue weighted by Crippen LogP contribution is 2.46. The number of hydrogen-bond acceptors (Lipinski definition) is 8. The molecule has 0 fully saturated rings. The lowest BCUT2D eigenvalue weighted by Gasteiger charge is -2.34. The van der Waals surface area contributed by atoms with E-state index in [2.05, 4.69) is 0 Å². The van der Waals surface area contributed by atoms with Gasteiger partial charge in [-0.2, -0.15) is 13.2 Å². The minimum Gasteiger partial charge on any atom is -0.457 e. The third-order valence-electron chi connectivity index (χ3n) is 7.49. The third kappa shape index (κ3) is 6.86. The zero-order valence-corrected chi connectivity index (χ0v) is 24.2. The van der Waals surface area contributed by atoms with Crippen LogP contribution in [0.3, 0.4) is 0 Å². The van der Waals surface area contributed by atoms with E-state index in [9.17, 15) is 43.5 Å². The van der Waals surface area contributed by atoms with Crippen LogP contribution in [0.15, 0.2) is 115 Å². The molecule has 11 nitrogen and oxygen atoms in total. The standard InChI is InChI=1S/C33H22F3N3O8/c1-32(30-19-10-25(39(44)45)20-31(30)33(34,35)36,21-2-11-26(12-3-21)46-28-15-6-23(7-16-28)37(40)41)22-4-13-27(14-5-22)47-29-17-8-24(9-18-29)38(42)43/h2-20H,1H3. The van der Waals surface area contributed by atoms with Crippen molar-refractivity contribution in [2.45, 2.75) is 18.5 Å². The van der Waals surface area contributed by atoms with Crippen molar-refractivity contribution in [3.05, 3.63) is 168 Å². The van der Waals surface area contributed by atoms with Gasteiger partial charge in [0.15, 0.2) is 0 Å². The molecule has 0 amide bonds. The first-order valence-corrected chi connectivity index (χ1v) is 13.7. The number of ether oxygens (including phenoxy) is 2. The van der Waals surface area contributed by atoms with Crippen molar-refractivity contribution in [2.24, 2.45) is 0 Å². The van der Waals surface area contributed by atoms with E-state index in [0.717, 1.165) is 12.1 Å². The summed E-state index contributed by atoms with van der Waals surface area (Å²) in [6, 6.07) is 25.6. The van der Waals surface area contributed by atoms with Gasteiger partial charge in [-0.25, -0.2) is 0 Å². The Balaban J connectivity index is 1.55. The molecule has 47 heavy (non-hydrogen) atoms. The topological polar surface area (TPSA) is 148 Å². The van der Waals surface area contributed by atoms with Crippen LogP contribution < -0.4 is 9.47 Å². The Kier molecular flexibility index (Phi) is 8.60. The average Bonchev–Trinajstić information content (AvgIpc) is 3.05. The average molecular weight is 646 g/mol. The number of benzene rings is 5. The number of nitro groups is 3. The molecule has 0 radical (unpaired) electrons. The van der Waals surface area contributed by atoms with Crippen molar-refractivity contribution in [1.29, 1.82) is 0 Å². The molecule has 0 spiro atoms. The number of halogens is 3. The monoisotopic (exact) mass is 645 g/mol. The first kappa shape index (κ1) is 32.1. The Morgan fingerprint density at radius 1 is 0.489 bits per heavy atom. The quantitative estimate of drug-likeness (QED) is 0.0829. The normalized spacial score (nSPS) is 11.5. The van der Waals surface area contributed by atoms with Gasteiger partial charge in [0.2, 0.25) is 0 Å². The first-order valence-electron chi connectivity index (χ1n) is 13.7. The van der Waals surface area contributed by atoms with Gasteiger partial charge in [0, 0.05) is 41.8 Å². The summed E-state index contributed by atoms with van der Waals surface area (Å²) in [5.41, 5.74) is -3.16. The molecule has 0 saturated carbocycles. The van der Waals surface area contributed by atoms with E-state index in [1.807, 2.05) is 0 Å². The Bertz CT molecular complexity index is 1840. The van der Waals surface area contributed by atoms with Crippen molar-refractivity contribution >= 4 is 17.1 Å². The van der Waals surface area contributed by atoms with E-state index >= 15 is 0 Å². The lowest BCUT2D eigenvalue weighted by Crippen LogP contribution is -2.29. The van der Waals surface area contributed by atoms with Crippen LogP contribution in [-0.4, -0.2) is 14.8 Å². The maximum atomic E-state index is 14.5. The van der Waals surface area contributed by atoms with Gasteiger partial charge in [-0.05, 0) is 72.1 Å². The van der Waals surface area contributed by atoms with Gasteiger partial charge in [0.05, 0.1) is 20.3 Å². The highest BCUT2D eigenvalue weighted by molar-refractivity contribution is 5.57. The first-order chi connectivity index (χ1) is 22.3. The van der Waals surface area contributed by atoms with E-state index in [4.69, 9.17) is 9.47 Å². The minimum absolute atomic E-state index is 0.129. The third-order valence-corrected chi connectivity index (χ3v) is 7.49. The molecule has 14 heteroatoms. The minimum atomic E-state index is -4.94. The van der Waals surface area contributed by atoms with Crippen molar-refractivity contribution in [3.8, 4) is 23.0 Å². The number of non-ortho nitro benzene ring substituents is 3. The molecule has 0 heterocycles. The molecule has 5 aromatic rings. The van der Waals surface area contributed by atoms with Crippen LogP contribution in [0.25, 0.3) is 0 Å². The van der Waals surface area contributed by atoms with Crippen molar-refractivity contribution in [3.63, 3.8) is 0 Å². The second kappa shape index (κ2) is 12.6. The fourth-order valence-corrected chi connectivity index (χ4v) is 5.05. The molecule has 0 aromatic heterocycles. The number of nitro benzene ring substituents is 3. The molecule has 0 aliphatic rings. The molecule has 0 aliphatic heterocycles. The Morgan fingerprint density at radius 2 is 0.809 bits per heavy atom. The van der Waals surface area contributed by atoms with E-state index in [0.29, 0.717) is 40.2 Å². The summed E-state index contributed by atoms with van der Waals surface area (Å²) in [6.45, 7) is 1.56. The molecule has 0 saturated heterocycles. The molecular formula is C33H22F3N3O8. The zero-order valence-electron chi connectivity index (χ0n) is 24.2. The molecule has 0 aliphatic carbocycles. The van der Waals surface area contributed by atoms with Gasteiger partial charge in [0.1, 0.15) is 23.0 Å². The molecule has 0 N–H and O–H groups in total. The second-order valence-electron chi connectivity index (χ2n) is 10.4. The van der Waals surface area contributed by atoms with Crippen LogP contribution in [0.4, 0.5) is 30.2 Å². The van der Waals surface area contributed by atoms with Crippen molar-refractivity contribution in [1.82, 2.24) is 0 Å². The van der Waals surface area contributed by atoms with Crippen LogP contribution in [0.2, 0.25) is 0 Å². The maximum absolute atomic E-state index is 14.5. The van der Waals surface area contributed by atoms with Crippen LogP contribution in [-0.2, 0) is 11.6 Å². The van der Waals surface area contributed by atoms with Gasteiger partial charge in [-0.3, -0.25) is 30.3 Å². The largest absolute Gasteiger partial charge is 0.457 e. The van der Waals surface area contributed by atoms with Crippen LogP contribution in [0.1, 0.15) is 29.2 Å². The van der Waals surface area contributed by atoms with Crippen molar-refractivity contribution < 1.29 is 37.4 Å².